The van der Waals surface area contributed by atoms with Gasteiger partial charge in [0.15, 0.2) is 13.9 Å². The molecule has 1 aromatic heterocycles. The minimum absolute atomic E-state index is 0.00561. The summed E-state index contributed by atoms with van der Waals surface area (Å²) in [5.41, 5.74) is 4.78. The number of ether oxygens (including phenoxy) is 1. The van der Waals surface area contributed by atoms with E-state index in [4.69, 9.17) is 4.74 Å². The van der Waals surface area contributed by atoms with E-state index in [1.807, 2.05) is 97.8 Å². The van der Waals surface area contributed by atoms with Crippen molar-refractivity contribution in [1.82, 2.24) is 15.0 Å². The van der Waals surface area contributed by atoms with Crippen molar-refractivity contribution in [3.63, 3.8) is 0 Å². The second kappa shape index (κ2) is 12.1. The van der Waals surface area contributed by atoms with Gasteiger partial charge in [0.2, 0.25) is 5.91 Å². The van der Waals surface area contributed by atoms with Gasteiger partial charge in [0.05, 0.1) is 29.7 Å². The zero-order valence-electron chi connectivity index (χ0n) is 27.0. The van der Waals surface area contributed by atoms with Gasteiger partial charge in [-0.3, -0.25) is 19.2 Å². The standard InChI is InChI=1S/C36H41N5O5Si/c1-24-34(47(2,3)45)32(18-20-39-23-27(19-21-42)37-38-39)46-36(24)29-9-5-7-11-31(29)40(35(36)44)22-25-12-15-28(16-13-25)41-30-10-6-4-8-26(30)14-17-33(41)43/h4-13,15-16,23-24,32,34,42,45H,14,17-22H2,1-3H3/t24-,32+,34-,36+/m1/s1. The Hall–Kier alpha value is -4.16. The van der Waals surface area contributed by atoms with Crippen LogP contribution >= 0.6 is 0 Å². The number of para-hydroxylation sites is 2. The van der Waals surface area contributed by atoms with Crippen LogP contribution in [0.3, 0.4) is 0 Å². The minimum Gasteiger partial charge on any atom is -0.432 e. The lowest BCUT2D eigenvalue weighted by atomic mass is 9.82. The Morgan fingerprint density at radius 3 is 2.45 bits per heavy atom. The number of nitrogens with zero attached hydrogens (tertiary/aromatic N) is 5. The summed E-state index contributed by atoms with van der Waals surface area (Å²) in [5.74, 6) is -0.304. The molecule has 4 aromatic rings. The molecule has 2 N–H and O–H groups in total. The van der Waals surface area contributed by atoms with Crippen LogP contribution in [0, 0.1) is 5.92 Å². The van der Waals surface area contributed by atoms with Gasteiger partial charge < -0.3 is 19.5 Å². The number of carbonyl (C=O) groups excluding carboxylic acids is 2. The Labute approximate surface area is 275 Å². The number of fused-ring (bicyclic) bond motifs is 3. The number of aliphatic hydroxyl groups excluding tert-OH is 1. The third-order valence-corrected chi connectivity index (χ3v) is 12.6. The van der Waals surface area contributed by atoms with Crippen LogP contribution in [-0.4, -0.2) is 57.7 Å². The second-order valence-corrected chi connectivity index (χ2v) is 17.5. The van der Waals surface area contributed by atoms with Crippen LogP contribution < -0.4 is 9.80 Å². The number of amides is 2. The lowest BCUT2D eigenvalue weighted by Gasteiger charge is -2.32. The second-order valence-electron chi connectivity index (χ2n) is 13.5. The molecule has 11 heteroatoms. The van der Waals surface area contributed by atoms with Gasteiger partial charge in [-0.15, -0.1) is 5.10 Å². The van der Waals surface area contributed by atoms with Crippen LogP contribution in [0.25, 0.3) is 0 Å². The van der Waals surface area contributed by atoms with E-state index >= 15 is 0 Å². The van der Waals surface area contributed by atoms with Gasteiger partial charge >= 0.3 is 0 Å². The van der Waals surface area contributed by atoms with Gasteiger partial charge in [-0.2, -0.15) is 0 Å². The van der Waals surface area contributed by atoms with E-state index in [9.17, 15) is 19.5 Å². The van der Waals surface area contributed by atoms with Gasteiger partial charge in [0.1, 0.15) is 0 Å². The van der Waals surface area contributed by atoms with Crippen molar-refractivity contribution >= 4 is 37.2 Å². The molecule has 0 aliphatic carbocycles. The minimum atomic E-state index is -2.80. The third-order valence-electron chi connectivity index (χ3n) is 10.1. The number of aryl methyl sites for hydroxylation is 2. The average Bonchev–Trinajstić information content (AvgIpc) is 3.70. The van der Waals surface area contributed by atoms with Crippen LogP contribution in [0.2, 0.25) is 18.6 Å². The topological polar surface area (TPSA) is 121 Å². The summed E-state index contributed by atoms with van der Waals surface area (Å²) >= 11 is 0. The largest absolute Gasteiger partial charge is 0.432 e. The molecule has 0 radical (unpaired) electrons. The molecule has 244 valence electrons. The number of benzene rings is 3. The molecule has 0 bridgehead atoms. The molecule has 7 rings (SSSR count). The number of rotatable bonds is 9. The van der Waals surface area contributed by atoms with E-state index in [-0.39, 0.29) is 36.0 Å². The summed E-state index contributed by atoms with van der Waals surface area (Å²) in [6.07, 6.45) is 3.68. The maximum Gasteiger partial charge on any atom is 0.264 e. The molecular weight excluding hydrogens is 611 g/mol. The fourth-order valence-electron chi connectivity index (χ4n) is 8.04. The lowest BCUT2D eigenvalue weighted by molar-refractivity contribution is -0.146. The Morgan fingerprint density at radius 1 is 0.979 bits per heavy atom. The highest BCUT2D eigenvalue weighted by molar-refractivity contribution is 6.71. The van der Waals surface area contributed by atoms with E-state index in [1.165, 1.54) is 0 Å². The molecule has 10 nitrogen and oxygen atoms in total. The first-order chi connectivity index (χ1) is 22.6. The summed E-state index contributed by atoms with van der Waals surface area (Å²) in [6, 6.07) is 23.7. The summed E-state index contributed by atoms with van der Waals surface area (Å²) in [4.78, 5) is 42.8. The number of aromatic nitrogens is 3. The monoisotopic (exact) mass is 651 g/mol. The number of carbonyl (C=O) groups is 2. The molecule has 3 aromatic carbocycles. The van der Waals surface area contributed by atoms with Gasteiger partial charge in [-0.1, -0.05) is 60.7 Å². The Kier molecular flexibility index (Phi) is 8.11. The first kappa shape index (κ1) is 31.4. The van der Waals surface area contributed by atoms with E-state index in [0.717, 1.165) is 40.2 Å². The molecule has 4 heterocycles. The van der Waals surface area contributed by atoms with Crippen molar-refractivity contribution in [1.29, 1.82) is 0 Å². The van der Waals surface area contributed by atoms with Crippen LogP contribution in [0.4, 0.5) is 17.1 Å². The van der Waals surface area contributed by atoms with E-state index in [0.29, 0.717) is 38.0 Å². The number of hydrogen-bond donors (Lipinski definition) is 2. The number of hydrogen-bond acceptors (Lipinski definition) is 7. The maximum absolute atomic E-state index is 14.7. The molecule has 4 atom stereocenters. The van der Waals surface area contributed by atoms with E-state index in [2.05, 4.69) is 16.4 Å². The fraction of sp³-hybridized carbons (Fsp3) is 0.389. The zero-order chi connectivity index (χ0) is 32.9. The molecule has 3 aliphatic rings. The van der Waals surface area contributed by atoms with Crippen LogP contribution in [-0.2, 0) is 45.9 Å². The van der Waals surface area contributed by atoms with Crippen molar-refractivity contribution in [3.05, 3.63) is 101 Å². The summed E-state index contributed by atoms with van der Waals surface area (Å²) in [7, 11) is -2.80. The van der Waals surface area contributed by atoms with Crippen molar-refractivity contribution in [2.75, 3.05) is 16.4 Å². The maximum atomic E-state index is 14.7. The SMILES string of the molecule is C[C@@H]1[C@@H]([Si](C)(C)O)[C@H](CCn2cc(CCO)nn2)O[C@@]12C(=O)N(Cc1ccc(N3C(=O)CCc4ccccc43)cc1)c1ccccc12. The van der Waals surface area contributed by atoms with Gasteiger partial charge in [-0.05, 0) is 61.3 Å². The molecule has 0 saturated carbocycles. The lowest BCUT2D eigenvalue weighted by Crippen LogP contribution is -2.46. The molecule has 1 fully saturated rings. The molecule has 2 amide bonds. The van der Waals surface area contributed by atoms with Gasteiger partial charge in [0, 0.05) is 54.9 Å². The highest BCUT2D eigenvalue weighted by Crippen LogP contribution is 2.59. The predicted molar refractivity (Wildman–Crippen MR) is 181 cm³/mol. The van der Waals surface area contributed by atoms with E-state index in [1.54, 1.807) is 9.58 Å². The zero-order valence-corrected chi connectivity index (χ0v) is 28.0. The molecule has 1 spiro atoms. The van der Waals surface area contributed by atoms with Crippen molar-refractivity contribution in [2.24, 2.45) is 5.92 Å². The normalized spacial score (nSPS) is 23.9. The average molecular weight is 652 g/mol. The summed E-state index contributed by atoms with van der Waals surface area (Å²) in [5, 5.41) is 17.6. The quantitative estimate of drug-likeness (QED) is 0.248. The molecular formula is C36H41N5O5Si. The predicted octanol–water partition coefficient (Wildman–Crippen LogP) is 4.86. The fourth-order valence-corrected chi connectivity index (χ4v) is 10.6. The van der Waals surface area contributed by atoms with Gasteiger partial charge in [0.25, 0.3) is 5.91 Å². The highest BCUT2D eigenvalue weighted by atomic mass is 28.4. The Bertz CT molecular complexity index is 1800. The first-order valence-corrected chi connectivity index (χ1v) is 19.5. The van der Waals surface area contributed by atoms with Crippen molar-refractivity contribution in [2.45, 2.75) is 76.0 Å². The van der Waals surface area contributed by atoms with Crippen LogP contribution in [0.1, 0.15) is 42.1 Å². The van der Waals surface area contributed by atoms with Gasteiger partial charge in [-0.25, -0.2) is 0 Å². The third kappa shape index (κ3) is 5.40. The van der Waals surface area contributed by atoms with Crippen LogP contribution in [0.15, 0.2) is 79.0 Å². The Balaban J connectivity index is 1.16. The van der Waals surface area contributed by atoms with Crippen LogP contribution in [0.5, 0.6) is 0 Å². The van der Waals surface area contributed by atoms with Crippen molar-refractivity contribution < 1.29 is 24.2 Å². The van der Waals surface area contributed by atoms with Crippen molar-refractivity contribution in [3.8, 4) is 0 Å². The van der Waals surface area contributed by atoms with E-state index < -0.39 is 13.9 Å². The first-order valence-electron chi connectivity index (χ1n) is 16.4. The molecule has 3 aliphatic heterocycles. The summed E-state index contributed by atoms with van der Waals surface area (Å²) < 4.78 is 8.66. The summed E-state index contributed by atoms with van der Waals surface area (Å²) in [6.45, 7) is 6.77. The molecule has 47 heavy (non-hydrogen) atoms. The number of anilines is 3. The molecule has 1 saturated heterocycles. The smallest absolute Gasteiger partial charge is 0.264 e. The molecule has 0 unspecified atom stereocenters. The highest BCUT2D eigenvalue weighted by Gasteiger charge is 2.66. The Morgan fingerprint density at radius 2 is 1.70 bits per heavy atom. The number of aliphatic hydroxyl groups is 1.